The minimum atomic E-state index is -0.410. The van der Waals surface area contributed by atoms with Gasteiger partial charge in [-0.1, -0.05) is 32.0 Å². The summed E-state index contributed by atoms with van der Waals surface area (Å²) in [6.07, 6.45) is 1.11. The first-order valence-corrected chi connectivity index (χ1v) is 6.07. The SMILES string of the molecule is CC.O=c1ccccc(-c2ccc(F)cn2)c1S. The molecule has 0 saturated heterocycles. The van der Waals surface area contributed by atoms with Gasteiger partial charge in [0.05, 0.1) is 16.8 Å². The monoisotopic (exact) mass is 263 g/mol. The molecule has 94 valence electrons. The topological polar surface area (TPSA) is 30.0 Å². The third-order valence-electron chi connectivity index (χ3n) is 2.11. The van der Waals surface area contributed by atoms with E-state index in [0.29, 0.717) is 16.2 Å². The Kier molecular flexibility index (Phi) is 5.52. The van der Waals surface area contributed by atoms with Crippen molar-refractivity contribution in [1.29, 1.82) is 0 Å². The number of halogens is 1. The van der Waals surface area contributed by atoms with Gasteiger partial charge in [-0.2, -0.15) is 0 Å². The molecule has 0 bridgehead atoms. The lowest BCUT2D eigenvalue weighted by Gasteiger charge is -1.99. The Morgan fingerprint density at radius 3 is 2.39 bits per heavy atom. The summed E-state index contributed by atoms with van der Waals surface area (Å²) >= 11 is 4.15. The highest BCUT2D eigenvalue weighted by atomic mass is 32.1. The zero-order valence-corrected chi connectivity index (χ0v) is 11.1. The fourth-order valence-corrected chi connectivity index (χ4v) is 1.59. The van der Waals surface area contributed by atoms with Crippen LogP contribution in [0.25, 0.3) is 11.3 Å². The second-order valence-electron chi connectivity index (χ2n) is 3.21. The largest absolute Gasteiger partial charge is 0.289 e. The van der Waals surface area contributed by atoms with Gasteiger partial charge >= 0.3 is 0 Å². The van der Waals surface area contributed by atoms with Gasteiger partial charge in [0.1, 0.15) is 5.82 Å². The molecular weight excluding hydrogens is 249 g/mol. The molecule has 0 saturated carbocycles. The predicted octanol–water partition coefficient (Wildman–Crippen LogP) is 3.56. The van der Waals surface area contributed by atoms with Crippen LogP contribution in [0.15, 0.2) is 52.3 Å². The maximum Gasteiger partial charge on any atom is 0.192 e. The summed E-state index contributed by atoms with van der Waals surface area (Å²) < 4.78 is 12.7. The molecule has 1 heterocycles. The molecule has 1 aromatic heterocycles. The number of nitrogens with zero attached hydrogens (tertiary/aromatic N) is 1. The quantitative estimate of drug-likeness (QED) is 0.797. The van der Waals surface area contributed by atoms with E-state index in [1.54, 1.807) is 18.2 Å². The number of hydrogen-bond donors (Lipinski definition) is 1. The Balaban J connectivity index is 0.000000771. The highest BCUT2D eigenvalue weighted by Gasteiger charge is 2.04. The first-order valence-electron chi connectivity index (χ1n) is 5.63. The second kappa shape index (κ2) is 6.91. The summed E-state index contributed by atoms with van der Waals surface area (Å²) in [6.45, 7) is 4.00. The minimum absolute atomic E-state index is 0.186. The molecule has 0 aliphatic carbocycles. The van der Waals surface area contributed by atoms with Crippen molar-refractivity contribution in [2.75, 3.05) is 0 Å². The van der Waals surface area contributed by atoms with E-state index in [4.69, 9.17) is 0 Å². The van der Waals surface area contributed by atoms with Gasteiger partial charge in [-0.15, -0.1) is 12.6 Å². The third kappa shape index (κ3) is 3.40. The number of pyridine rings is 1. The average Bonchev–Trinajstić information content (AvgIpc) is 2.57. The van der Waals surface area contributed by atoms with E-state index in [-0.39, 0.29) is 5.43 Å². The molecule has 0 N–H and O–H groups in total. The lowest BCUT2D eigenvalue weighted by Crippen LogP contribution is -1.97. The van der Waals surface area contributed by atoms with Crippen LogP contribution in [0.4, 0.5) is 4.39 Å². The average molecular weight is 263 g/mol. The van der Waals surface area contributed by atoms with Crippen LogP contribution in [0.5, 0.6) is 0 Å². The molecule has 0 aliphatic heterocycles. The van der Waals surface area contributed by atoms with E-state index in [2.05, 4.69) is 17.6 Å². The molecule has 0 amide bonds. The molecule has 18 heavy (non-hydrogen) atoms. The van der Waals surface area contributed by atoms with Crippen molar-refractivity contribution in [2.45, 2.75) is 18.7 Å². The normalized spacial score (nSPS) is 9.33. The van der Waals surface area contributed by atoms with Crippen molar-refractivity contribution in [1.82, 2.24) is 4.98 Å². The molecule has 0 aliphatic rings. The van der Waals surface area contributed by atoms with Crippen molar-refractivity contribution in [2.24, 2.45) is 0 Å². The molecule has 4 heteroatoms. The van der Waals surface area contributed by atoms with Crippen molar-refractivity contribution in [3.05, 3.63) is 58.6 Å². The van der Waals surface area contributed by atoms with Crippen LogP contribution in [0, 0.1) is 5.82 Å². The van der Waals surface area contributed by atoms with Gasteiger partial charge in [-0.05, 0) is 18.2 Å². The fourth-order valence-electron chi connectivity index (χ4n) is 1.33. The molecule has 0 spiro atoms. The minimum Gasteiger partial charge on any atom is -0.289 e. The Hall–Kier alpha value is -1.68. The maximum absolute atomic E-state index is 12.7. The molecule has 0 fully saturated rings. The molecule has 1 aromatic carbocycles. The molecular formula is C14H14FNOS. The van der Waals surface area contributed by atoms with Gasteiger partial charge in [0.2, 0.25) is 0 Å². The molecule has 2 aromatic rings. The Labute approximate surface area is 111 Å². The Morgan fingerprint density at radius 2 is 1.78 bits per heavy atom. The maximum atomic E-state index is 12.7. The number of hydrogen-bond acceptors (Lipinski definition) is 3. The van der Waals surface area contributed by atoms with Gasteiger partial charge in [-0.3, -0.25) is 9.78 Å². The van der Waals surface area contributed by atoms with E-state index >= 15 is 0 Å². The first kappa shape index (κ1) is 14.4. The van der Waals surface area contributed by atoms with E-state index < -0.39 is 5.82 Å². The number of thiol groups is 1. The van der Waals surface area contributed by atoms with Crippen LogP contribution in [-0.2, 0) is 0 Å². The summed E-state index contributed by atoms with van der Waals surface area (Å²) in [5.74, 6) is -0.410. The summed E-state index contributed by atoms with van der Waals surface area (Å²) in [5.41, 5.74) is 0.937. The van der Waals surface area contributed by atoms with Gasteiger partial charge in [0.25, 0.3) is 0 Å². The lowest BCUT2D eigenvalue weighted by molar-refractivity contribution is 0.622. The summed E-state index contributed by atoms with van der Waals surface area (Å²) in [5, 5.41) is 0. The smallest absolute Gasteiger partial charge is 0.192 e. The van der Waals surface area contributed by atoms with Crippen molar-refractivity contribution >= 4 is 12.6 Å². The second-order valence-corrected chi connectivity index (χ2v) is 3.65. The Morgan fingerprint density at radius 1 is 1.11 bits per heavy atom. The number of aromatic nitrogens is 1. The van der Waals surface area contributed by atoms with Gasteiger partial charge in [0.15, 0.2) is 5.43 Å². The van der Waals surface area contributed by atoms with E-state index in [0.717, 1.165) is 6.20 Å². The van der Waals surface area contributed by atoms with Crippen molar-refractivity contribution in [3.63, 3.8) is 0 Å². The van der Waals surface area contributed by atoms with Crippen LogP contribution in [0.1, 0.15) is 13.8 Å². The van der Waals surface area contributed by atoms with Crippen molar-refractivity contribution < 1.29 is 4.39 Å². The molecule has 0 unspecified atom stereocenters. The summed E-state index contributed by atoms with van der Waals surface area (Å²) in [6, 6.07) is 9.33. The van der Waals surface area contributed by atoms with Gasteiger partial charge < -0.3 is 0 Å². The van der Waals surface area contributed by atoms with Crippen LogP contribution >= 0.6 is 12.6 Å². The zero-order chi connectivity index (χ0) is 13.5. The van der Waals surface area contributed by atoms with Crippen LogP contribution in [-0.4, -0.2) is 4.98 Å². The third-order valence-corrected chi connectivity index (χ3v) is 2.57. The fraction of sp³-hybridized carbons (Fsp3) is 0.143. The van der Waals surface area contributed by atoms with E-state index in [1.165, 1.54) is 18.2 Å². The zero-order valence-electron chi connectivity index (χ0n) is 10.2. The standard InChI is InChI=1S/C12H8FNOS.C2H6/c13-8-5-6-10(14-7-8)9-3-1-2-4-11(15)12(9)16;1-2/h1-7H,(H,15,16);1-2H3. The van der Waals surface area contributed by atoms with Crippen LogP contribution < -0.4 is 5.43 Å². The molecule has 2 rings (SSSR count). The molecule has 0 radical (unpaired) electrons. The molecule has 2 nitrogen and oxygen atoms in total. The number of rotatable bonds is 1. The lowest BCUT2D eigenvalue weighted by atomic mass is 10.2. The van der Waals surface area contributed by atoms with Crippen LogP contribution in [0.2, 0.25) is 0 Å². The summed E-state index contributed by atoms with van der Waals surface area (Å²) in [4.78, 5) is 15.7. The van der Waals surface area contributed by atoms with Gasteiger partial charge in [-0.25, -0.2) is 4.39 Å². The van der Waals surface area contributed by atoms with E-state index in [1.807, 2.05) is 13.8 Å². The van der Waals surface area contributed by atoms with Crippen LogP contribution in [0.3, 0.4) is 0 Å². The highest BCUT2D eigenvalue weighted by molar-refractivity contribution is 7.80. The first-order chi connectivity index (χ1) is 8.68. The van der Waals surface area contributed by atoms with Gasteiger partial charge in [0, 0.05) is 5.56 Å². The van der Waals surface area contributed by atoms with Crippen molar-refractivity contribution in [3.8, 4) is 11.3 Å². The summed E-state index contributed by atoms with van der Waals surface area (Å²) in [7, 11) is 0. The molecule has 0 atom stereocenters. The predicted molar refractivity (Wildman–Crippen MR) is 74.5 cm³/mol. The van der Waals surface area contributed by atoms with E-state index in [9.17, 15) is 9.18 Å². The highest BCUT2D eigenvalue weighted by Crippen LogP contribution is 2.20. The Bertz CT molecular complexity index is 570.